The average Bonchev–Trinajstić information content (AvgIpc) is 2.38. The molecule has 2 aromatic rings. The van der Waals surface area contributed by atoms with E-state index in [4.69, 9.17) is 0 Å². The standard InChI is InChI=1S/C15H16FNO2S2/c1-17-10-11-7-12(16)9-14(8-11)20-13-3-5-15(6-4-13)21(2,18)19/h3-9,17H,10H2,1-2H3. The molecule has 1 N–H and O–H groups in total. The Balaban J connectivity index is 2.22. The van der Waals surface area contributed by atoms with Crippen molar-refractivity contribution >= 4 is 21.6 Å². The van der Waals surface area contributed by atoms with Crippen LogP contribution >= 0.6 is 11.8 Å². The molecule has 0 aliphatic rings. The molecule has 0 fully saturated rings. The van der Waals surface area contributed by atoms with Crippen molar-refractivity contribution in [2.45, 2.75) is 21.2 Å². The van der Waals surface area contributed by atoms with Crippen LogP contribution in [-0.2, 0) is 16.4 Å². The molecule has 0 saturated heterocycles. The van der Waals surface area contributed by atoms with E-state index < -0.39 is 9.84 Å². The molecule has 0 radical (unpaired) electrons. The third-order valence-electron chi connectivity index (χ3n) is 2.80. The van der Waals surface area contributed by atoms with Gasteiger partial charge in [-0.05, 0) is 55.1 Å². The van der Waals surface area contributed by atoms with Crippen LogP contribution < -0.4 is 5.32 Å². The lowest BCUT2D eigenvalue weighted by Gasteiger charge is -2.06. The molecule has 0 amide bonds. The number of sulfone groups is 1. The number of halogens is 1. The number of rotatable bonds is 5. The van der Waals surface area contributed by atoms with Crippen LogP contribution in [0.3, 0.4) is 0 Å². The molecule has 3 nitrogen and oxygen atoms in total. The zero-order chi connectivity index (χ0) is 15.5. The highest BCUT2D eigenvalue weighted by molar-refractivity contribution is 7.99. The van der Waals surface area contributed by atoms with Gasteiger partial charge in [-0.15, -0.1) is 0 Å². The number of nitrogens with one attached hydrogen (secondary N) is 1. The molecule has 0 aliphatic heterocycles. The van der Waals surface area contributed by atoms with E-state index >= 15 is 0 Å². The van der Waals surface area contributed by atoms with Gasteiger partial charge in [0.1, 0.15) is 5.82 Å². The van der Waals surface area contributed by atoms with E-state index in [2.05, 4.69) is 5.32 Å². The molecule has 6 heteroatoms. The summed E-state index contributed by atoms with van der Waals surface area (Å²) in [6.07, 6.45) is 1.17. The van der Waals surface area contributed by atoms with E-state index in [9.17, 15) is 12.8 Å². The zero-order valence-corrected chi connectivity index (χ0v) is 13.4. The van der Waals surface area contributed by atoms with Crippen LogP contribution in [0.25, 0.3) is 0 Å². The summed E-state index contributed by atoms with van der Waals surface area (Å²) in [5, 5.41) is 2.98. The lowest BCUT2D eigenvalue weighted by Crippen LogP contribution is -2.05. The monoisotopic (exact) mass is 325 g/mol. The maximum absolute atomic E-state index is 13.6. The predicted molar refractivity (Wildman–Crippen MR) is 82.8 cm³/mol. The fourth-order valence-corrected chi connectivity index (χ4v) is 3.43. The molecule has 0 spiro atoms. The van der Waals surface area contributed by atoms with E-state index in [1.54, 1.807) is 24.3 Å². The van der Waals surface area contributed by atoms with Crippen molar-refractivity contribution < 1.29 is 12.8 Å². The summed E-state index contributed by atoms with van der Waals surface area (Å²) in [6.45, 7) is 0.596. The summed E-state index contributed by atoms with van der Waals surface area (Å²) < 4.78 is 36.4. The van der Waals surface area contributed by atoms with Crippen molar-refractivity contribution in [3.05, 3.63) is 53.8 Å². The number of benzene rings is 2. The van der Waals surface area contributed by atoms with Gasteiger partial charge < -0.3 is 5.32 Å². The molecule has 21 heavy (non-hydrogen) atoms. The van der Waals surface area contributed by atoms with Crippen molar-refractivity contribution in [1.29, 1.82) is 0 Å². The quantitative estimate of drug-likeness (QED) is 0.917. The van der Waals surface area contributed by atoms with Gasteiger partial charge in [0, 0.05) is 22.6 Å². The highest BCUT2D eigenvalue weighted by Crippen LogP contribution is 2.29. The van der Waals surface area contributed by atoms with Gasteiger partial charge in [-0.3, -0.25) is 0 Å². The topological polar surface area (TPSA) is 46.2 Å². The highest BCUT2D eigenvalue weighted by Gasteiger charge is 2.07. The molecule has 0 heterocycles. The smallest absolute Gasteiger partial charge is 0.175 e. The summed E-state index contributed by atoms with van der Waals surface area (Å²) in [5.74, 6) is -0.280. The summed E-state index contributed by atoms with van der Waals surface area (Å²) >= 11 is 1.40. The molecule has 0 saturated carbocycles. The minimum absolute atomic E-state index is 0.280. The number of hydrogen-bond acceptors (Lipinski definition) is 4. The Morgan fingerprint density at radius 3 is 2.33 bits per heavy atom. The van der Waals surface area contributed by atoms with E-state index in [0.29, 0.717) is 6.54 Å². The summed E-state index contributed by atoms with van der Waals surface area (Å²) in [7, 11) is -1.38. The molecular formula is C15H16FNO2S2. The molecule has 2 aromatic carbocycles. The first kappa shape index (κ1) is 16.0. The van der Waals surface area contributed by atoms with E-state index in [-0.39, 0.29) is 10.7 Å². The third-order valence-corrected chi connectivity index (χ3v) is 4.91. The predicted octanol–water partition coefficient (Wildman–Crippen LogP) is 3.10. The summed E-state index contributed by atoms with van der Waals surface area (Å²) in [6, 6.07) is 11.4. The molecular weight excluding hydrogens is 309 g/mol. The van der Waals surface area contributed by atoms with Crippen molar-refractivity contribution in [2.75, 3.05) is 13.3 Å². The second-order valence-electron chi connectivity index (χ2n) is 4.67. The first-order chi connectivity index (χ1) is 9.88. The van der Waals surface area contributed by atoms with E-state index in [1.807, 2.05) is 13.1 Å². The Morgan fingerprint density at radius 2 is 1.76 bits per heavy atom. The van der Waals surface area contributed by atoms with Crippen LogP contribution in [0.4, 0.5) is 4.39 Å². The molecule has 0 aromatic heterocycles. The van der Waals surface area contributed by atoms with Gasteiger partial charge in [-0.25, -0.2) is 12.8 Å². The summed E-state index contributed by atoms with van der Waals surface area (Å²) in [4.78, 5) is 1.93. The molecule has 0 bridgehead atoms. The fourth-order valence-electron chi connectivity index (χ4n) is 1.88. The number of hydrogen-bond donors (Lipinski definition) is 1. The van der Waals surface area contributed by atoms with E-state index in [1.165, 1.54) is 30.2 Å². The fraction of sp³-hybridized carbons (Fsp3) is 0.200. The summed E-state index contributed by atoms with van der Waals surface area (Å²) in [5.41, 5.74) is 0.868. The van der Waals surface area contributed by atoms with Crippen LogP contribution in [0.2, 0.25) is 0 Å². The molecule has 0 aliphatic carbocycles. The van der Waals surface area contributed by atoms with Crippen molar-refractivity contribution in [1.82, 2.24) is 5.32 Å². The average molecular weight is 325 g/mol. The normalized spacial score (nSPS) is 11.6. The maximum Gasteiger partial charge on any atom is 0.175 e. The minimum Gasteiger partial charge on any atom is -0.316 e. The first-order valence-corrected chi connectivity index (χ1v) is 9.01. The lowest BCUT2D eigenvalue weighted by molar-refractivity contribution is 0.602. The van der Waals surface area contributed by atoms with Crippen molar-refractivity contribution in [2.24, 2.45) is 0 Å². The van der Waals surface area contributed by atoms with Crippen molar-refractivity contribution in [3.63, 3.8) is 0 Å². The van der Waals surface area contributed by atoms with Gasteiger partial charge in [0.05, 0.1) is 4.90 Å². The van der Waals surface area contributed by atoms with Crippen LogP contribution in [0, 0.1) is 5.82 Å². The van der Waals surface area contributed by atoms with Gasteiger partial charge in [-0.2, -0.15) is 0 Å². The maximum atomic E-state index is 13.6. The Hall–Kier alpha value is -1.37. The van der Waals surface area contributed by atoms with E-state index in [0.717, 1.165) is 15.4 Å². The molecule has 112 valence electrons. The Labute approximate surface area is 128 Å². The SMILES string of the molecule is CNCc1cc(F)cc(Sc2ccc(S(C)(=O)=O)cc2)c1. The lowest BCUT2D eigenvalue weighted by atomic mass is 10.2. The van der Waals surface area contributed by atoms with Crippen LogP contribution in [0.15, 0.2) is 57.2 Å². The van der Waals surface area contributed by atoms with Crippen molar-refractivity contribution in [3.8, 4) is 0 Å². The van der Waals surface area contributed by atoms with Gasteiger partial charge in [0.15, 0.2) is 9.84 Å². The molecule has 0 atom stereocenters. The second kappa shape index (κ2) is 6.60. The van der Waals surface area contributed by atoms with Gasteiger partial charge in [-0.1, -0.05) is 11.8 Å². The zero-order valence-electron chi connectivity index (χ0n) is 11.8. The molecule has 2 rings (SSSR count). The largest absolute Gasteiger partial charge is 0.316 e. The van der Waals surface area contributed by atoms with Gasteiger partial charge in [0.2, 0.25) is 0 Å². The Morgan fingerprint density at radius 1 is 1.10 bits per heavy atom. The van der Waals surface area contributed by atoms with Gasteiger partial charge >= 0.3 is 0 Å². The van der Waals surface area contributed by atoms with Crippen LogP contribution in [0.5, 0.6) is 0 Å². The third kappa shape index (κ3) is 4.56. The van der Waals surface area contributed by atoms with Gasteiger partial charge in [0.25, 0.3) is 0 Å². The van der Waals surface area contributed by atoms with Crippen LogP contribution in [0.1, 0.15) is 5.56 Å². The second-order valence-corrected chi connectivity index (χ2v) is 7.83. The first-order valence-electron chi connectivity index (χ1n) is 6.30. The molecule has 0 unspecified atom stereocenters. The van der Waals surface area contributed by atoms with Crippen LogP contribution in [-0.4, -0.2) is 21.7 Å². The Bertz CT molecular complexity index is 728. The minimum atomic E-state index is -3.19. The highest BCUT2D eigenvalue weighted by atomic mass is 32.2. The Kier molecular flexibility index (Phi) is 5.03.